The first-order valence-electron chi connectivity index (χ1n) is 6.65. The number of nitriles is 1. The summed E-state index contributed by atoms with van der Waals surface area (Å²) in [6, 6.07) is 6.42. The molecular formula is C14H18N6O2. The van der Waals surface area contributed by atoms with Crippen LogP contribution < -0.4 is 16.1 Å². The van der Waals surface area contributed by atoms with Gasteiger partial charge in [-0.2, -0.15) is 10.4 Å². The van der Waals surface area contributed by atoms with Crippen molar-refractivity contribution in [2.45, 2.75) is 13.8 Å². The number of nitrogens with two attached hydrogens (primary N) is 1. The molecule has 0 saturated heterocycles. The zero-order valence-electron chi connectivity index (χ0n) is 12.4. The minimum Gasteiger partial charge on any atom is -0.478 e. The molecule has 1 aromatic carbocycles. The van der Waals surface area contributed by atoms with Gasteiger partial charge in [-0.15, -0.1) is 0 Å². The lowest BCUT2D eigenvalue weighted by Gasteiger charge is -2.23. The van der Waals surface area contributed by atoms with E-state index in [1.54, 1.807) is 18.2 Å². The molecule has 0 unspecified atom stereocenters. The number of anilines is 2. The summed E-state index contributed by atoms with van der Waals surface area (Å²) in [5.41, 5.74) is 8.57. The number of benzene rings is 1. The molecule has 0 bridgehead atoms. The predicted octanol–water partition coefficient (Wildman–Crippen LogP) is 1.46. The van der Waals surface area contributed by atoms with Crippen LogP contribution in [0.4, 0.5) is 11.4 Å². The Bertz CT molecular complexity index is 643. The van der Waals surface area contributed by atoms with Gasteiger partial charge in [0.15, 0.2) is 5.84 Å². The fraction of sp³-hybridized carbons (Fsp3) is 0.286. The highest BCUT2D eigenvalue weighted by Gasteiger charge is 2.15. The van der Waals surface area contributed by atoms with E-state index in [0.29, 0.717) is 24.5 Å². The fourth-order valence-electron chi connectivity index (χ4n) is 1.88. The first-order chi connectivity index (χ1) is 10.4. The third-order valence-corrected chi connectivity index (χ3v) is 2.99. The van der Waals surface area contributed by atoms with Gasteiger partial charge in [0, 0.05) is 13.1 Å². The Morgan fingerprint density at radius 2 is 2.14 bits per heavy atom. The van der Waals surface area contributed by atoms with Crippen LogP contribution in [0.15, 0.2) is 23.3 Å². The molecule has 0 atom stereocenters. The third kappa shape index (κ3) is 3.96. The molecule has 1 rings (SSSR count). The lowest BCUT2D eigenvalue weighted by Crippen LogP contribution is -2.24. The van der Waals surface area contributed by atoms with Crippen LogP contribution in [0.5, 0.6) is 0 Å². The van der Waals surface area contributed by atoms with Crippen molar-refractivity contribution in [1.82, 2.24) is 0 Å². The fourth-order valence-corrected chi connectivity index (χ4v) is 1.88. The van der Waals surface area contributed by atoms with Crippen molar-refractivity contribution in [3.63, 3.8) is 0 Å². The summed E-state index contributed by atoms with van der Waals surface area (Å²) >= 11 is 0. The molecule has 0 heterocycles. The summed E-state index contributed by atoms with van der Waals surface area (Å²) in [5.74, 6) is -1.52. The highest BCUT2D eigenvalue weighted by Crippen LogP contribution is 2.24. The average molecular weight is 302 g/mol. The molecule has 22 heavy (non-hydrogen) atoms. The van der Waals surface area contributed by atoms with Crippen molar-refractivity contribution in [3.8, 4) is 6.07 Å². The second-order valence-electron chi connectivity index (χ2n) is 4.31. The summed E-state index contributed by atoms with van der Waals surface area (Å²) in [5, 5.41) is 28.9. The molecule has 1 aromatic rings. The number of nitrogens with zero attached hydrogens (tertiary/aromatic N) is 3. The number of nitrogens with one attached hydrogen (secondary N) is 2. The normalized spacial score (nSPS) is 10.7. The molecule has 8 nitrogen and oxygen atoms in total. The highest BCUT2D eigenvalue weighted by molar-refractivity contribution is 6.45. The maximum atomic E-state index is 11.4. The van der Waals surface area contributed by atoms with E-state index in [9.17, 15) is 9.90 Å². The molecule has 0 saturated carbocycles. The van der Waals surface area contributed by atoms with Crippen molar-refractivity contribution in [1.29, 1.82) is 10.7 Å². The Morgan fingerprint density at radius 1 is 1.50 bits per heavy atom. The smallest absolute Gasteiger partial charge is 0.337 e. The first kappa shape index (κ1) is 17.0. The van der Waals surface area contributed by atoms with Gasteiger partial charge in [0.25, 0.3) is 0 Å². The minimum absolute atomic E-state index is 0.130. The van der Waals surface area contributed by atoms with Crippen molar-refractivity contribution in [3.05, 3.63) is 23.8 Å². The van der Waals surface area contributed by atoms with E-state index in [4.69, 9.17) is 16.4 Å². The molecule has 8 heteroatoms. The van der Waals surface area contributed by atoms with E-state index in [1.165, 1.54) is 6.07 Å². The number of amidine groups is 1. The second kappa shape index (κ2) is 7.64. The molecule has 0 radical (unpaired) electrons. The SMILES string of the molecule is CCN(CC)c1ccc(N/N=C(\C#N)C(=N)N)cc1C(=O)O. The van der Waals surface area contributed by atoms with Gasteiger partial charge in [-0.3, -0.25) is 10.8 Å². The monoisotopic (exact) mass is 302 g/mol. The largest absolute Gasteiger partial charge is 0.478 e. The van der Waals surface area contributed by atoms with Gasteiger partial charge in [0.1, 0.15) is 6.07 Å². The zero-order chi connectivity index (χ0) is 16.7. The van der Waals surface area contributed by atoms with Crippen LogP contribution in [0.1, 0.15) is 24.2 Å². The second-order valence-corrected chi connectivity index (χ2v) is 4.31. The van der Waals surface area contributed by atoms with E-state index >= 15 is 0 Å². The summed E-state index contributed by atoms with van der Waals surface area (Å²) in [7, 11) is 0. The van der Waals surface area contributed by atoms with Crippen LogP contribution in [0, 0.1) is 16.7 Å². The molecular weight excluding hydrogens is 284 g/mol. The molecule has 0 fully saturated rings. The van der Waals surface area contributed by atoms with Gasteiger partial charge in [0.2, 0.25) is 5.71 Å². The maximum absolute atomic E-state index is 11.4. The minimum atomic E-state index is -1.05. The summed E-state index contributed by atoms with van der Waals surface area (Å²) < 4.78 is 0. The molecule has 0 amide bonds. The van der Waals surface area contributed by atoms with Crippen molar-refractivity contribution < 1.29 is 9.90 Å². The Morgan fingerprint density at radius 3 is 2.59 bits per heavy atom. The van der Waals surface area contributed by atoms with Crippen LogP contribution in [0.25, 0.3) is 0 Å². The van der Waals surface area contributed by atoms with Gasteiger partial charge < -0.3 is 15.7 Å². The highest BCUT2D eigenvalue weighted by atomic mass is 16.4. The molecule has 5 N–H and O–H groups in total. The Hall–Kier alpha value is -3.08. The lowest BCUT2D eigenvalue weighted by molar-refractivity contribution is 0.0697. The lowest BCUT2D eigenvalue weighted by atomic mass is 10.1. The van der Waals surface area contributed by atoms with E-state index < -0.39 is 11.8 Å². The number of rotatable bonds is 7. The number of carbonyl (C=O) groups is 1. The van der Waals surface area contributed by atoms with E-state index in [-0.39, 0.29) is 11.3 Å². The Balaban J connectivity index is 3.16. The number of hydrogen-bond donors (Lipinski definition) is 4. The average Bonchev–Trinajstić information content (AvgIpc) is 2.49. The Kier molecular flexibility index (Phi) is 5.89. The van der Waals surface area contributed by atoms with Gasteiger partial charge in [-0.25, -0.2) is 4.79 Å². The number of hydrogen-bond acceptors (Lipinski definition) is 6. The standard InChI is InChI=1S/C14H18N6O2/c1-3-20(4-2)12-6-5-9(7-10(12)14(21)22)18-19-11(8-15)13(16)17/h5-7,18H,3-4H2,1-2H3,(H3,16,17)(H,21,22)/b19-11+. The molecule has 0 aliphatic rings. The number of aromatic carboxylic acids is 1. The van der Waals surface area contributed by atoms with Crippen molar-refractivity contribution in [2.24, 2.45) is 10.8 Å². The molecule has 0 aromatic heterocycles. The Labute approximate surface area is 128 Å². The third-order valence-electron chi connectivity index (χ3n) is 2.99. The molecule has 116 valence electrons. The van der Waals surface area contributed by atoms with Gasteiger partial charge in [0.05, 0.1) is 16.9 Å². The summed E-state index contributed by atoms with van der Waals surface area (Å²) in [4.78, 5) is 13.3. The predicted molar refractivity (Wildman–Crippen MR) is 85.5 cm³/mol. The topological polar surface area (TPSA) is 139 Å². The van der Waals surface area contributed by atoms with Gasteiger partial charge in [-0.05, 0) is 32.0 Å². The van der Waals surface area contributed by atoms with Gasteiger partial charge >= 0.3 is 5.97 Å². The molecule has 0 aliphatic carbocycles. The van der Waals surface area contributed by atoms with Gasteiger partial charge in [-0.1, -0.05) is 0 Å². The summed E-state index contributed by atoms with van der Waals surface area (Å²) in [6.45, 7) is 5.25. The number of carboxylic acid groups (broad SMARTS) is 1. The van der Waals surface area contributed by atoms with Crippen molar-refractivity contribution in [2.75, 3.05) is 23.4 Å². The van der Waals surface area contributed by atoms with Crippen LogP contribution >= 0.6 is 0 Å². The van der Waals surface area contributed by atoms with Crippen LogP contribution in [0.3, 0.4) is 0 Å². The van der Waals surface area contributed by atoms with E-state index in [2.05, 4.69) is 10.5 Å². The van der Waals surface area contributed by atoms with Crippen LogP contribution in [0.2, 0.25) is 0 Å². The van der Waals surface area contributed by atoms with E-state index in [0.717, 1.165) is 0 Å². The quantitative estimate of drug-likeness (QED) is 0.341. The van der Waals surface area contributed by atoms with Crippen LogP contribution in [-0.4, -0.2) is 35.7 Å². The zero-order valence-corrected chi connectivity index (χ0v) is 12.4. The maximum Gasteiger partial charge on any atom is 0.337 e. The van der Waals surface area contributed by atoms with E-state index in [1.807, 2.05) is 18.7 Å². The number of hydrazone groups is 1. The van der Waals surface area contributed by atoms with Crippen molar-refractivity contribution >= 4 is 28.9 Å². The number of carboxylic acids is 1. The van der Waals surface area contributed by atoms with Crippen LogP contribution in [-0.2, 0) is 0 Å². The molecule has 0 aliphatic heterocycles. The molecule has 0 spiro atoms. The first-order valence-corrected chi connectivity index (χ1v) is 6.65. The summed E-state index contributed by atoms with van der Waals surface area (Å²) in [6.07, 6.45) is 0.